The molecule has 1 rings (SSSR count). The molecule has 0 radical (unpaired) electrons. The second kappa shape index (κ2) is 7.09. The van der Waals surface area contributed by atoms with E-state index in [1.807, 2.05) is 0 Å². The van der Waals surface area contributed by atoms with Crippen molar-refractivity contribution in [2.75, 3.05) is 11.9 Å². The monoisotopic (exact) mass is 237 g/mol. The van der Waals surface area contributed by atoms with Gasteiger partial charge in [0.05, 0.1) is 11.9 Å². The van der Waals surface area contributed by atoms with E-state index in [2.05, 4.69) is 31.2 Å². The standard InChI is InChI=1S/C13H23N3O/c1-4-5-6-7-16-13(17)8-12(10-15-16)14-9-11(2)3/h8,10-11,14H,4-7,9H2,1-3H3. The van der Waals surface area contributed by atoms with Crippen LogP contribution < -0.4 is 10.9 Å². The molecule has 96 valence electrons. The molecule has 1 heterocycles. The maximum atomic E-state index is 11.7. The van der Waals surface area contributed by atoms with E-state index in [0.717, 1.165) is 38.0 Å². The van der Waals surface area contributed by atoms with Crippen molar-refractivity contribution < 1.29 is 0 Å². The molecule has 4 nitrogen and oxygen atoms in total. The lowest BCUT2D eigenvalue weighted by Crippen LogP contribution is -2.23. The Morgan fingerprint density at radius 3 is 2.76 bits per heavy atom. The zero-order valence-corrected chi connectivity index (χ0v) is 11.1. The first-order chi connectivity index (χ1) is 8.13. The van der Waals surface area contributed by atoms with Gasteiger partial charge in [0.1, 0.15) is 0 Å². The predicted molar refractivity (Wildman–Crippen MR) is 71.3 cm³/mol. The van der Waals surface area contributed by atoms with E-state index < -0.39 is 0 Å². The number of aryl methyl sites for hydroxylation is 1. The zero-order chi connectivity index (χ0) is 12.7. The molecule has 0 amide bonds. The molecular weight excluding hydrogens is 214 g/mol. The van der Waals surface area contributed by atoms with Crippen LogP contribution in [0.4, 0.5) is 5.69 Å². The molecule has 0 atom stereocenters. The van der Waals surface area contributed by atoms with E-state index in [1.54, 1.807) is 12.3 Å². The number of nitrogens with zero attached hydrogens (tertiary/aromatic N) is 2. The van der Waals surface area contributed by atoms with Crippen LogP contribution in [0.3, 0.4) is 0 Å². The normalized spacial score (nSPS) is 10.8. The Kier molecular flexibility index (Phi) is 5.73. The molecule has 0 aliphatic carbocycles. The number of hydrogen-bond donors (Lipinski definition) is 1. The summed E-state index contributed by atoms with van der Waals surface area (Å²) in [4.78, 5) is 11.7. The smallest absolute Gasteiger partial charge is 0.268 e. The van der Waals surface area contributed by atoms with Crippen LogP contribution in [0.1, 0.15) is 40.0 Å². The van der Waals surface area contributed by atoms with E-state index >= 15 is 0 Å². The molecule has 0 fully saturated rings. The van der Waals surface area contributed by atoms with Gasteiger partial charge in [-0.2, -0.15) is 5.10 Å². The van der Waals surface area contributed by atoms with Crippen molar-refractivity contribution in [3.8, 4) is 0 Å². The van der Waals surface area contributed by atoms with Gasteiger partial charge in [0.15, 0.2) is 0 Å². The summed E-state index contributed by atoms with van der Waals surface area (Å²) in [5.74, 6) is 0.557. The van der Waals surface area contributed by atoms with Crippen LogP contribution in [0.25, 0.3) is 0 Å². The van der Waals surface area contributed by atoms with Gasteiger partial charge in [0.2, 0.25) is 0 Å². The number of aromatic nitrogens is 2. The molecule has 0 unspecified atom stereocenters. The maximum Gasteiger partial charge on any atom is 0.268 e. The van der Waals surface area contributed by atoms with Crippen LogP contribution in [0.15, 0.2) is 17.1 Å². The fourth-order valence-electron chi connectivity index (χ4n) is 1.53. The van der Waals surface area contributed by atoms with E-state index in [-0.39, 0.29) is 5.56 Å². The third-order valence-electron chi connectivity index (χ3n) is 2.56. The van der Waals surface area contributed by atoms with Gasteiger partial charge in [-0.15, -0.1) is 0 Å². The fraction of sp³-hybridized carbons (Fsp3) is 0.692. The van der Waals surface area contributed by atoms with Gasteiger partial charge in [-0.05, 0) is 12.3 Å². The maximum absolute atomic E-state index is 11.7. The molecule has 1 aromatic rings. The Morgan fingerprint density at radius 2 is 2.18 bits per heavy atom. The van der Waals surface area contributed by atoms with Gasteiger partial charge in [-0.1, -0.05) is 33.6 Å². The average Bonchev–Trinajstić information content (AvgIpc) is 2.29. The average molecular weight is 237 g/mol. The molecular formula is C13H23N3O. The highest BCUT2D eigenvalue weighted by Gasteiger charge is 2.00. The Hall–Kier alpha value is -1.32. The van der Waals surface area contributed by atoms with E-state index in [9.17, 15) is 4.79 Å². The summed E-state index contributed by atoms with van der Waals surface area (Å²) in [6.07, 6.45) is 5.04. The first-order valence-corrected chi connectivity index (χ1v) is 6.44. The predicted octanol–water partition coefficient (Wildman–Crippen LogP) is 2.50. The summed E-state index contributed by atoms with van der Waals surface area (Å²) in [6, 6.07) is 1.63. The van der Waals surface area contributed by atoms with E-state index in [4.69, 9.17) is 0 Å². The topological polar surface area (TPSA) is 46.9 Å². The van der Waals surface area contributed by atoms with Crippen molar-refractivity contribution in [3.05, 3.63) is 22.6 Å². The molecule has 0 aromatic carbocycles. The summed E-state index contributed by atoms with van der Waals surface area (Å²) >= 11 is 0. The number of anilines is 1. The second-order valence-corrected chi connectivity index (χ2v) is 4.79. The third-order valence-corrected chi connectivity index (χ3v) is 2.56. The Balaban J connectivity index is 2.56. The van der Waals surface area contributed by atoms with Crippen molar-refractivity contribution in [2.24, 2.45) is 5.92 Å². The van der Waals surface area contributed by atoms with Crippen LogP contribution in [-0.2, 0) is 6.54 Å². The SMILES string of the molecule is CCCCCn1ncc(NCC(C)C)cc1=O. The van der Waals surface area contributed by atoms with Gasteiger partial charge in [-0.3, -0.25) is 4.79 Å². The molecule has 1 aromatic heterocycles. The molecule has 0 aliphatic heterocycles. The molecule has 1 N–H and O–H groups in total. The molecule has 0 saturated heterocycles. The number of hydrogen-bond acceptors (Lipinski definition) is 3. The van der Waals surface area contributed by atoms with Gasteiger partial charge < -0.3 is 5.32 Å². The van der Waals surface area contributed by atoms with Gasteiger partial charge in [0, 0.05) is 19.2 Å². The molecule has 17 heavy (non-hydrogen) atoms. The first kappa shape index (κ1) is 13.7. The van der Waals surface area contributed by atoms with E-state index in [1.165, 1.54) is 4.68 Å². The summed E-state index contributed by atoms with van der Waals surface area (Å²) in [6.45, 7) is 7.99. The lowest BCUT2D eigenvalue weighted by molar-refractivity contribution is 0.528. The molecule has 0 aliphatic rings. The lowest BCUT2D eigenvalue weighted by Gasteiger charge is -2.09. The lowest BCUT2D eigenvalue weighted by atomic mass is 10.2. The van der Waals surface area contributed by atoms with Gasteiger partial charge in [0.25, 0.3) is 5.56 Å². The van der Waals surface area contributed by atoms with E-state index in [0.29, 0.717) is 5.92 Å². The van der Waals surface area contributed by atoms with Crippen molar-refractivity contribution in [1.29, 1.82) is 0 Å². The molecule has 0 saturated carbocycles. The van der Waals surface area contributed by atoms with Crippen LogP contribution >= 0.6 is 0 Å². The first-order valence-electron chi connectivity index (χ1n) is 6.44. The summed E-state index contributed by atoms with van der Waals surface area (Å²) in [7, 11) is 0. The molecule has 4 heteroatoms. The van der Waals surface area contributed by atoms with Gasteiger partial charge >= 0.3 is 0 Å². The number of unbranched alkanes of at least 4 members (excludes halogenated alkanes) is 2. The summed E-state index contributed by atoms with van der Waals surface area (Å²) < 4.78 is 1.54. The Labute approximate surface area is 103 Å². The quantitative estimate of drug-likeness (QED) is 0.741. The second-order valence-electron chi connectivity index (χ2n) is 4.79. The van der Waals surface area contributed by atoms with Crippen molar-refractivity contribution in [2.45, 2.75) is 46.6 Å². The van der Waals surface area contributed by atoms with Gasteiger partial charge in [-0.25, -0.2) is 4.68 Å². The van der Waals surface area contributed by atoms with Crippen molar-refractivity contribution in [3.63, 3.8) is 0 Å². The molecule has 0 spiro atoms. The van der Waals surface area contributed by atoms with Crippen LogP contribution in [0.5, 0.6) is 0 Å². The molecule has 0 bridgehead atoms. The number of nitrogens with one attached hydrogen (secondary N) is 1. The van der Waals surface area contributed by atoms with Crippen LogP contribution in [0.2, 0.25) is 0 Å². The highest BCUT2D eigenvalue weighted by Crippen LogP contribution is 2.02. The highest BCUT2D eigenvalue weighted by molar-refractivity contribution is 5.38. The third kappa shape index (κ3) is 5.02. The fourth-order valence-corrected chi connectivity index (χ4v) is 1.53. The Bertz CT molecular complexity index is 384. The summed E-state index contributed by atoms with van der Waals surface area (Å²) in [5, 5.41) is 7.37. The van der Waals surface area contributed by atoms with Crippen molar-refractivity contribution >= 4 is 5.69 Å². The largest absolute Gasteiger partial charge is 0.383 e. The number of rotatable bonds is 7. The zero-order valence-electron chi connectivity index (χ0n) is 11.1. The van der Waals surface area contributed by atoms with Crippen LogP contribution in [-0.4, -0.2) is 16.3 Å². The minimum atomic E-state index is -0.0186. The highest BCUT2D eigenvalue weighted by atomic mass is 16.1. The summed E-state index contributed by atoms with van der Waals surface area (Å²) in [5.41, 5.74) is 0.797. The van der Waals surface area contributed by atoms with Crippen LogP contribution in [0, 0.1) is 5.92 Å². The Morgan fingerprint density at radius 1 is 1.41 bits per heavy atom. The minimum absolute atomic E-state index is 0.0186. The van der Waals surface area contributed by atoms with Crippen molar-refractivity contribution in [1.82, 2.24) is 9.78 Å². The minimum Gasteiger partial charge on any atom is -0.383 e.